The molecule has 2 aliphatic heterocycles. The van der Waals surface area contributed by atoms with Crippen LogP contribution in [0, 0.1) is 0 Å². The first kappa shape index (κ1) is 12.8. The van der Waals surface area contributed by atoms with E-state index in [1.165, 1.54) is 6.92 Å². The zero-order valence-electron chi connectivity index (χ0n) is 9.98. The fourth-order valence-corrected chi connectivity index (χ4v) is 4.71. The quantitative estimate of drug-likeness (QED) is 0.684. The van der Waals surface area contributed by atoms with Crippen LogP contribution >= 0.6 is 0 Å². The van der Waals surface area contributed by atoms with Gasteiger partial charge in [-0.25, -0.2) is 8.42 Å². The zero-order chi connectivity index (χ0) is 12.5. The number of carbonyl (C=O) groups is 1. The topological polar surface area (TPSA) is 69.7 Å². The number of ether oxygens (including phenoxy) is 2. The van der Waals surface area contributed by atoms with Crippen molar-refractivity contribution in [1.29, 1.82) is 0 Å². The second-order valence-electron chi connectivity index (χ2n) is 4.83. The molecular weight excluding hydrogens is 244 g/mol. The van der Waals surface area contributed by atoms with Crippen molar-refractivity contribution in [2.75, 3.05) is 19.8 Å². The molecule has 2 fully saturated rings. The lowest BCUT2D eigenvalue weighted by Crippen LogP contribution is -2.52. The van der Waals surface area contributed by atoms with E-state index in [1.807, 2.05) is 0 Å². The summed E-state index contributed by atoms with van der Waals surface area (Å²) in [6.45, 7) is 2.74. The minimum Gasteiger partial charge on any atom is -0.465 e. The molecule has 0 aromatic heterocycles. The van der Waals surface area contributed by atoms with Crippen molar-refractivity contribution in [3.8, 4) is 0 Å². The molecule has 0 aliphatic carbocycles. The Morgan fingerprint density at radius 1 is 1.24 bits per heavy atom. The third-order valence-corrected chi connectivity index (χ3v) is 6.67. The number of hydrogen-bond acceptors (Lipinski definition) is 5. The number of esters is 1. The van der Waals surface area contributed by atoms with Crippen molar-refractivity contribution >= 4 is 15.8 Å². The van der Waals surface area contributed by atoms with Gasteiger partial charge in [-0.1, -0.05) is 0 Å². The lowest BCUT2D eigenvalue weighted by Gasteiger charge is -2.35. The van der Waals surface area contributed by atoms with E-state index in [4.69, 9.17) is 9.47 Å². The first-order valence-corrected chi connectivity index (χ1v) is 7.51. The summed E-state index contributed by atoms with van der Waals surface area (Å²) in [5.74, 6) is -0.588. The van der Waals surface area contributed by atoms with Gasteiger partial charge in [0.25, 0.3) is 0 Å². The average molecular weight is 262 g/mol. The molecule has 0 N–H and O–H groups in total. The molecule has 0 radical (unpaired) electrons. The van der Waals surface area contributed by atoms with E-state index in [1.54, 1.807) is 0 Å². The van der Waals surface area contributed by atoms with Gasteiger partial charge >= 0.3 is 5.97 Å². The molecule has 6 heteroatoms. The Hall–Kier alpha value is -0.620. The summed E-state index contributed by atoms with van der Waals surface area (Å²) in [7, 11) is -3.49. The van der Waals surface area contributed by atoms with Gasteiger partial charge in [0.05, 0.1) is 11.9 Å². The van der Waals surface area contributed by atoms with Crippen molar-refractivity contribution in [1.82, 2.24) is 0 Å². The summed E-state index contributed by atoms with van der Waals surface area (Å²) >= 11 is 0. The van der Waals surface area contributed by atoms with Crippen LogP contribution in [0.1, 0.15) is 32.6 Å². The summed E-state index contributed by atoms with van der Waals surface area (Å²) in [5, 5.41) is -0.466. The number of rotatable bonds is 2. The molecule has 0 aromatic carbocycles. The van der Waals surface area contributed by atoms with Crippen LogP contribution in [-0.4, -0.2) is 44.2 Å². The predicted molar refractivity (Wildman–Crippen MR) is 61.4 cm³/mol. The Labute approximate surface area is 101 Å². The third kappa shape index (κ3) is 2.08. The molecule has 0 saturated carbocycles. The average Bonchev–Trinajstić information content (AvgIpc) is 2.34. The number of cyclic esters (lactones) is 1. The van der Waals surface area contributed by atoms with E-state index in [-0.39, 0.29) is 0 Å². The van der Waals surface area contributed by atoms with Crippen LogP contribution in [-0.2, 0) is 24.1 Å². The SMILES string of the molecule is CC1(S(=O)(=O)C2CCOCC2)CCCOC1=O. The van der Waals surface area contributed by atoms with Crippen molar-refractivity contribution in [3.05, 3.63) is 0 Å². The van der Waals surface area contributed by atoms with Crippen LogP contribution in [0.15, 0.2) is 0 Å². The highest BCUT2D eigenvalue weighted by molar-refractivity contribution is 7.94. The van der Waals surface area contributed by atoms with Crippen LogP contribution in [0.5, 0.6) is 0 Å². The fraction of sp³-hybridized carbons (Fsp3) is 0.909. The Kier molecular flexibility index (Phi) is 3.45. The Bertz CT molecular complexity index is 396. The lowest BCUT2D eigenvalue weighted by molar-refractivity contribution is -0.150. The highest BCUT2D eigenvalue weighted by Crippen LogP contribution is 2.34. The Morgan fingerprint density at radius 2 is 1.88 bits per heavy atom. The fourth-order valence-electron chi connectivity index (χ4n) is 2.44. The molecule has 1 atom stereocenters. The molecule has 2 rings (SSSR count). The van der Waals surface area contributed by atoms with E-state index in [2.05, 4.69) is 0 Å². The van der Waals surface area contributed by atoms with Gasteiger partial charge in [0, 0.05) is 13.2 Å². The number of sulfone groups is 1. The van der Waals surface area contributed by atoms with Crippen molar-refractivity contribution in [3.63, 3.8) is 0 Å². The van der Waals surface area contributed by atoms with E-state index in [0.717, 1.165) is 0 Å². The molecule has 1 unspecified atom stereocenters. The highest BCUT2D eigenvalue weighted by atomic mass is 32.2. The third-order valence-electron chi connectivity index (χ3n) is 3.70. The van der Waals surface area contributed by atoms with Gasteiger partial charge in [-0.05, 0) is 32.6 Å². The lowest BCUT2D eigenvalue weighted by atomic mass is 10.0. The zero-order valence-corrected chi connectivity index (χ0v) is 10.8. The largest absolute Gasteiger partial charge is 0.465 e. The molecule has 0 amide bonds. The monoisotopic (exact) mass is 262 g/mol. The van der Waals surface area contributed by atoms with Crippen molar-refractivity contribution < 1.29 is 22.7 Å². The van der Waals surface area contributed by atoms with Crippen LogP contribution < -0.4 is 0 Å². The van der Waals surface area contributed by atoms with Crippen LogP contribution in [0.4, 0.5) is 0 Å². The van der Waals surface area contributed by atoms with E-state index >= 15 is 0 Å². The second kappa shape index (κ2) is 4.57. The van der Waals surface area contributed by atoms with Gasteiger partial charge in [-0.15, -0.1) is 0 Å². The van der Waals surface area contributed by atoms with E-state index in [9.17, 15) is 13.2 Å². The second-order valence-corrected chi connectivity index (χ2v) is 7.48. The molecule has 98 valence electrons. The maximum Gasteiger partial charge on any atom is 0.327 e. The van der Waals surface area contributed by atoms with E-state index < -0.39 is 25.8 Å². The Balaban J connectivity index is 2.26. The summed E-state index contributed by atoms with van der Waals surface area (Å²) in [6, 6.07) is 0. The molecule has 2 saturated heterocycles. The summed E-state index contributed by atoms with van der Waals surface area (Å²) in [5.41, 5.74) is 0. The smallest absolute Gasteiger partial charge is 0.327 e. The first-order valence-electron chi connectivity index (χ1n) is 5.97. The maximum absolute atomic E-state index is 12.5. The normalized spacial score (nSPS) is 32.2. The van der Waals surface area contributed by atoms with Crippen LogP contribution in [0.2, 0.25) is 0 Å². The molecule has 5 nitrogen and oxygen atoms in total. The summed E-state index contributed by atoms with van der Waals surface area (Å²) < 4.78 is 33.8. The summed E-state index contributed by atoms with van der Waals surface area (Å²) in [4.78, 5) is 11.8. The number of hydrogen-bond donors (Lipinski definition) is 0. The van der Waals surface area contributed by atoms with Crippen molar-refractivity contribution in [2.24, 2.45) is 0 Å². The van der Waals surface area contributed by atoms with Gasteiger partial charge in [0.15, 0.2) is 14.6 Å². The molecule has 17 heavy (non-hydrogen) atoms. The predicted octanol–water partition coefficient (Wildman–Crippen LogP) is 0.676. The molecule has 2 aliphatic rings. The van der Waals surface area contributed by atoms with E-state index in [0.29, 0.717) is 45.5 Å². The summed E-state index contributed by atoms with van der Waals surface area (Å²) in [6.07, 6.45) is 1.94. The molecule has 0 bridgehead atoms. The van der Waals surface area contributed by atoms with Gasteiger partial charge < -0.3 is 9.47 Å². The van der Waals surface area contributed by atoms with Crippen molar-refractivity contribution in [2.45, 2.75) is 42.6 Å². The molecule has 0 spiro atoms. The minimum absolute atomic E-state index is 0.331. The highest BCUT2D eigenvalue weighted by Gasteiger charge is 2.52. The molecule has 2 heterocycles. The molecular formula is C11H18O5S. The Morgan fingerprint density at radius 3 is 2.47 bits per heavy atom. The van der Waals surface area contributed by atoms with Gasteiger partial charge in [-0.2, -0.15) is 0 Å². The van der Waals surface area contributed by atoms with Crippen LogP contribution in [0.3, 0.4) is 0 Å². The maximum atomic E-state index is 12.5. The standard InChI is InChI=1S/C11H18O5S/c1-11(5-2-6-16-10(11)12)17(13,14)9-3-7-15-8-4-9/h9H,2-8H2,1H3. The molecule has 0 aromatic rings. The van der Waals surface area contributed by atoms with Crippen LogP contribution in [0.25, 0.3) is 0 Å². The van der Waals surface area contributed by atoms with Gasteiger partial charge in [-0.3, -0.25) is 4.79 Å². The van der Waals surface area contributed by atoms with Gasteiger partial charge in [0.2, 0.25) is 0 Å². The first-order chi connectivity index (χ1) is 7.98. The van der Waals surface area contributed by atoms with Gasteiger partial charge in [0.1, 0.15) is 0 Å². The minimum atomic E-state index is -3.49. The number of carbonyl (C=O) groups excluding carboxylic acids is 1.